The molecule has 1 aliphatic heterocycles. The number of hydrogen-bond acceptors (Lipinski definition) is 3. The molecule has 0 aromatic heterocycles. The van der Waals surface area contributed by atoms with Crippen LogP contribution in [0.5, 0.6) is 0 Å². The number of guanidine groups is 1. The lowest BCUT2D eigenvalue weighted by Gasteiger charge is -2.17. The third kappa shape index (κ3) is 10.6. The summed E-state index contributed by atoms with van der Waals surface area (Å²) in [7, 11) is 1.84. The molecule has 2 aliphatic rings. The van der Waals surface area contributed by atoms with Gasteiger partial charge in [-0.3, -0.25) is 4.99 Å². The topological polar surface area (TPSA) is 48.9 Å². The highest BCUT2D eigenvalue weighted by Gasteiger charge is 2.12. The first-order valence-electron chi connectivity index (χ1n) is 10.2. The summed E-state index contributed by atoms with van der Waals surface area (Å²) in [6.07, 6.45) is 13.6. The Morgan fingerprint density at radius 1 is 0.960 bits per heavy atom. The van der Waals surface area contributed by atoms with Crippen molar-refractivity contribution in [2.45, 2.75) is 70.3 Å². The first-order valence-corrected chi connectivity index (χ1v) is 10.2. The van der Waals surface area contributed by atoms with Crippen molar-refractivity contribution in [2.75, 3.05) is 46.4 Å². The fourth-order valence-corrected chi connectivity index (χ4v) is 3.70. The van der Waals surface area contributed by atoms with Gasteiger partial charge in [0.2, 0.25) is 0 Å². The summed E-state index contributed by atoms with van der Waals surface area (Å²) < 4.78 is 6.01. The van der Waals surface area contributed by atoms with Crippen LogP contribution in [0.15, 0.2) is 4.99 Å². The minimum absolute atomic E-state index is 0. The quantitative estimate of drug-likeness (QED) is 0.180. The molecule has 0 unspecified atom stereocenters. The summed E-state index contributed by atoms with van der Waals surface area (Å²) in [5, 5.41) is 6.77. The predicted octanol–water partition coefficient (Wildman–Crippen LogP) is 3.38. The fraction of sp³-hybridized carbons (Fsp3) is 0.947. The van der Waals surface area contributed by atoms with E-state index in [1.54, 1.807) is 0 Å². The molecular formula is C19H39IN4O. The number of nitrogens with one attached hydrogen (secondary N) is 2. The van der Waals surface area contributed by atoms with Crippen molar-refractivity contribution in [3.05, 3.63) is 0 Å². The molecule has 5 nitrogen and oxygen atoms in total. The monoisotopic (exact) mass is 466 g/mol. The zero-order valence-corrected chi connectivity index (χ0v) is 18.4. The lowest BCUT2D eigenvalue weighted by molar-refractivity contribution is 0.0468. The lowest BCUT2D eigenvalue weighted by atomic mass is 10.1. The maximum Gasteiger partial charge on any atom is 0.191 e. The average molecular weight is 466 g/mol. The molecule has 2 rings (SSSR count). The summed E-state index contributed by atoms with van der Waals surface area (Å²) in [6, 6.07) is 0. The van der Waals surface area contributed by atoms with Gasteiger partial charge in [-0.25, -0.2) is 0 Å². The fourth-order valence-electron chi connectivity index (χ4n) is 3.70. The SMILES string of the molecule is CN=C(NCCCCN1CCCC1)NCCOC1CCCCCC1.I. The second-order valence-electron chi connectivity index (χ2n) is 7.17. The molecule has 1 saturated heterocycles. The van der Waals surface area contributed by atoms with Gasteiger partial charge in [-0.2, -0.15) is 0 Å². The van der Waals surface area contributed by atoms with Gasteiger partial charge in [0.25, 0.3) is 0 Å². The van der Waals surface area contributed by atoms with Crippen LogP contribution >= 0.6 is 24.0 Å². The van der Waals surface area contributed by atoms with Gasteiger partial charge in [0.05, 0.1) is 12.7 Å². The summed E-state index contributed by atoms with van der Waals surface area (Å²) >= 11 is 0. The maximum atomic E-state index is 6.01. The Labute approximate surface area is 171 Å². The normalized spacial score (nSPS) is 20.1. The molecule has 0 radical (unpaired) electrons. The van der Waals surface area contributed by atoms with Crippen LogP contribution in [0.4, 0.5) is 0 Å². The van der Waals surface area contributed by atoms with Crippen molar-refractivity contribution in [2.24, 2.45) is 4.99 Å². The molecule has 0 amide bonds. The van der Waals surface area contributed by atoms with Crippen LogP contribution in [0.2, 0.25) is 0 Å². The molecule has 0 aromatic rings. The maximum absolute atomic E-state index is 6.01. The molecule has 0 bridgehead atoms. The molecular weight excluding hydrogens is 427 g/mol. The summed E-state index contributed by atoms with van der Waals surface area (Å²) in [4.78, 5) is 6.87. The van der Waals surface area contributed by atoms with Crippen LogP contribution in [0, 0.1) is 0 Å². The number of unbranched alkanes of at least 4 members (excludes halogenated alkanes) is 1. The van der Waals surface area contributed by atoms with E-state index in [4.69, 9.17) is 4.74 Å². The summed E-state index contributed by atoms with van der Waals surface area (Å²) in [5.74, 6) is 0.903. The predicted molar refractivity (Wildman–Crippen MR) is 117 cm³/mol. The van der Waals surface area contributed by atoms with Gasteiger partial charge in [0.1, 0.15) is 0 Å². The minimum atomic E-state index is 0. The van der Waals surface area contributed by atoms with Crippen LogP contribution in [0.25, 0.3) is 0 Å². The Morgan fingerprint density at radius 2 is 1.64 bits per heavy atom. The van der Waals surface area contributed by atoms with Crippen LogP contribution in [-0.4, -0.2) is 63.3 Å². The molecule has 0 spiro atoms. The van der Waals surface area contributed by atoms with E-state index in [0.717, 1.165) is 25.7 Å². The van der Waals surface area contributed by atoms with Gasteiger partial charge in [0, 0.05) is 20.1 Å². The van der Waals surface area contributed by atoms with Crippen molar-refractivity contribution in [1.29, 1.82) is 0 Å². The van der Waals surface area contributed by atoms with Crippen LogP contribution in [0.3, 0.4) is 0 Å². The number of ether oxygens (including phenoxy) is 1. The zero-order valence-electron chi connectivity index (χ0n) is 16.1. The van der Waals surface area contributed by atoms with Crippen LogP contribution in [0.1, 0.15) is 64.2 Å². The van der Waals surface area contributed by atoms with E-state index in [0.29, 0.717) is 6.10 Å². The van der Waals surface area contributed by atoms with Gasteiger partial charge in [-0.05, 0) is 58.2 Å². The molecule has 0 atom stereocenters. The van der Waals surface area contributed by atoms with Crippen molar-refractivity contribution in [3.63, 3.8) is 0 Å². The molecule has 1 saturated carbocycles. The first kappa shape index (κ1) is 23.0. The molecule has 148 valence electrons. The number of likely N-dealkylation sites (tertiary alicyclic amines) is 1. The Morgan fingerprint density at radius 3 is 2.32 bits per heavy atom. The van der Waals surface area contributed by atoms with Crippen LogP contribution < -0.4 is 10.6 Å². The van der Waals surface area contributed by atoms with E-state index >= 15 is 0 Å². The van der Waals surface area contributed by atoms with Gasteiger partial charge in [0.15, 0.2) is 5.96 Å². The van der Waals surface area contributed by atoms with Crippen molar-refractivity contribution in [1.82, 2.24) is 15.5 Å². The summed E-state index contributed by atoms with van der Waals surface area (Å²) in [5.41, 5.74) is 0. The van der Waals surface area contributed by atoms with Gasteiger partial charge in [-0.15, -0.1) is 24.0 Å². The molecule has 2 N–H and O–H groups in total. The minimum Gasteiger partial charge on any atom is -0.376 e. The molecule has 25 heavy (non-hydrogen) atoms. The smallest absolute Gasteiger partial charge is 0.191 e. The third-order valence-corrected chi connectivity index (χ3v) is 5.17. The standard InChI is InChI=1S/C19H38N4O.HI/c1-20-19(21-12-6-7-14-23-15-8-9-16-23)22-13-17-24-18-10-4-2-3-5-11-18;/h18H,2-17H2,1H3,(H2,20,21,22);1H. The van der Waals surface area contributed by atoms with E-state index in [2.05, 4.69) is 20.5 Å². The van der Waals surface area contributed by atoms with Crippen molar-refractivity contribution in [3.8, 4) is 0 Å². The van der Waals surface area contributed by atoms with Gasteiger partial charge < -0.3 is 20.3 Å². The van der Waals surface area contributed by atoms with Crippen molar-refractivity contribution >= 4 is 29.9 Å². The number of hydrogen-bond donors (Lipinski definition) is 2. The molecule has 0 aromatic carbocycles. The third-order valence-electron chi connectivity index (χ3n) is 5.17. The molecule has 2 fully saturated rings. The highest BCUT2D eigenvalue weighted by Crippen LogP contribution is 2.19. The van der Waals surface area contributed by atoms with Crippen molar-refractivity contribution < 1.29 is 4.74 Å². The van der Waals surface area contributed by atoms with E-state index < -0.39 is 0 Å². The molecule has 6 heteroatoms. The average Bonchev–Trinajstić information content (AvgIpc) is 2.98. The largest absolute Gasteiger partial charge is 0.376 e. The number of nitrogens with zero attached hydrogens (tertiary/aromatic N) is 2. The first-order chi connectivity index (χ1) is 11.9. The Balaban J connectivity index is 0.00000312. The van der Waals surface area contributed by atoms with Gasteiger partial charge >= 0.3 is 0 Å². The highest BCUT2D eigenvalue weighted by atomic mass is 127. The van der Waals surface area contributed by atoms with Crippen LogP contribution in [-0.2, 0) is 4.74 Å². The second kappa shape index (κ2) is 15.0. The van der Waals surface area contributed by atoms with E-state index in [9.17, 15) is 0 Å². The Bertz CT molecular complexity index is 340. The Hall–Kier alpha value is -0.0800. The Kier molecular flexibility index (Phi) is 13.8. The zero-order chi connectivity index (χ0) is 16.9. The molecule has 1 heterocycles. The number of rotatable bonds is 9. The lowest BCUT2D eigenvalue weighted by Crippen LogP contribution is -2.39. The van der Waals surface area contributed by atoms with Gasteiger partial charge in [-0.1, -0.05) is 25.7 Å². The summed E-state index contributed by atoms with van der Waals surface area (Å²) in [6.45, 7) is 6.47. The second-order valence-corrected chi connectivity index (χ2v) is 7.17. The number of aliphatic imine (C=N–C) groups is 1. The van der Waals surface area contributed by atoms with E-state index in [1.165, 1.54) is 83.8 Å². The van der Waals surface area contributed by atoms with E-state index in [-0.39, 0.29) is 24.0 Å². The van der Waals surface area contributed by atoms with E-state index in [1.807, 2.05) is 7.05 Å². The highest BCUT2D eigenvalue weighted by molar-refractivity contribution is 14.0. The number of halogens is 1. The molecule has 1 aliphatic carbocycles.